The zero-order chi connectivity index (χ0) is 12.9. The lowest BCUT2D eigenvalue weighted by Crippen LogP contribution is -2.48. The summed E-state index contributed by atoms with van der Waals surface area (Å²) in [4.78, 5) is 1.88. The second kappa shape index (κ2) is 6.56. The molecule has 1 aliphatic heterocycles. The van der Waals surface area contributed by atoms with Crippen LogP contribution in [0.4, 0.5) is 13.2 Å². The summed E-state index contributed by atoms with van der Waals surface area (Å²) in [6.45, 7) is 1.99. The van der Waals surface area contributed by atoms with Crippen molar-refractivity contribution in [3.05, 3.63) is 0 Å². The van der Waals surface area contributed by atoms with Crippen molar-refractivity contribution in [2.45, 2.75) is 25.1 Å². The molecule has 3 nitrogen and oxygen atoms in total. The first kappa shape index (κ1) is 14.7. The van der Waals surface area contributed by atoms with Crippen molar-refractivity contribution in [2.75, 3.05) is 40.4 Å². The third kappa shape index (κ3) is 4.81. The monoisotopic (exact) mass is 254 g/mol. The minimum absolute atomic E-state index is 0.0898. The number of piperidine rings is 1. The smallest absolute Gasteiger partial charge is 0.383 e. The highest BCUT2D eigenvalue weighted by Gasteiger charge is 2.41. The predicted octanol–water partition coefficient (Wildman–Crippen LogP) is 1.50. The van der Waals surface area contributed by atoms with Gasteiger partial charge in [0.25, 0.3) is 0 Å². The topological polar surface area (TPSA) is 24.5 Å². The van der Waals surface area contributed by atoms with E-state index in [-0.39, 0.29) is 19.0 Å². The molecule has 0 bridgehead atoms. The van der Waals surface area contributed by atoms with Crippen LogP contribution in [0.15, 0.2) is 0 Å². The van der Waals surface area contributed by atoms with Crippen LogP contribution in [0.5, 0.6) is 0 Å². The first-order valence-electron chi connectivity index (χ1n) is 5.92. The number of hydrogen-bond acceptors (Lipinski definition) is 3. The molecule has 2 atom stereocenters. The van der Waals surface area contributed by atoms with Gasteiger partial charge < -0.3 is 15.0 Å². The lowest BCUT2D eigenvalue weighted by atomic mass is 9.97. The molecule has 0 amide bonds. The van der Waals surface area contributed by atoms with Crippen molar-refractivity contribution in [2.24, 2.45) is 5.92 Å². The number of nitrogens with one attached hydrogen (secondary N) is 1. The number of alkyl halides is 3. The molecule has 0 spiro atoms. The molecular weight excluding hydrogens is 233 g/mol. The van der Waals surface area contributed by atoms with E-state index in [1.165, 1.54) is 0 Å². The zero-order valence-electron chi connectivity index (χ0n) is 10.4. The molecule has 1 aliphatic rings. The van der Waals surface area contributed by atoms with Gasteiger partial charge in [0.05, 0.1) is 12.5 Å². The molecule has 1 saturated heterocycles. The molecule has 0 aliphatic carbocycles. The van der Waals surface area contributed by atoms with Gasteiger partial charge in [-0.2, -0.15) is 13.2 Å². The molecule has 0 aromatic heterocycles. The number of ether oxygens (including phenoxy) is 1. The van der Waals surface area contributed by atoms with E-state index >= 15 is 0 Å². The average Bonchev–Trinajstić information content (AvgIpc) is 2.28. The van der Waals surface area contributed by atoms with E-state index in [9.17, 15) is 13.2 Å². The summed E-state index contributed by atoms with van der Waals surface area (Å²) >= 11 is 0. The Kier molecular flexibility index (Phi) is 5.69. The van der Waals surface area contributed by atoms with Crippen LogP contribution in [0.2, 0.25) is 0 Å². The lowest BCUT2D eigenvalue weighted by molar-refractivity contribution is -0.187. The van der Waals surface area contributed by atoms with Gasteiger partial charge >= 0.3 is 6.18 Å². The van der Waals surface area contributed by atoms with Gasteiger partial charge in [0.15, 0.2) is 0 Å². The largest absolute Gasteiger partial charge is 0.393 e. The summed E-state index contributed by atoms with van der Waals surface area (Å²) in [6.07, 6.45) is -3.18. The molecule has 17 heavy (non-hydrogen) atoms. The SMILES string of the molecule is CNC(COC)CN1CCCC(C(F)(F)F)C1. The van der Waals surface area contributed by atoms with Crippen LogP contribution < -0.4 is 5.32 Å². The Morgan fingerprint density at radius 1 is 1.47 bits per heavy atom. The number of hydrogen-bond donors (Lipinski definition) is 1. The maximum Gasteiger partial charge on any atom is 0.393 e. The van der Waals surface area contributed by atoms with Gasteiger partial charge in [-0.15, -0.1) is 0 Å². The van der Waals surface area contributed by atoms with E-state index in [4.69, 9.17) is 4.74 Å². The number of nitrogens with zero attached hydrogens (tertiary/aromatic N) is 1. The number of halogens is 3. The molecule has 0 radical (unpaired) electrons. The third-order valence-corrected chi connectivity index (χ3v) is 3.22. The van der Waals surface area contributed by atoms with E-state index in [1.807, 2.05) is 4.90 Å². The van der Waals surface area contributed by atoms with Gasteiger partial charge in [-0.1, -0.05) is 0 Å². The fourth-order valence-corrected chi connectivity index (χ4v) is 2.23. The first-order chi connectivity index (χ1) is 7.97. The Bertz CT molecular complexity index is 223. The van der Waals surface area contributed by atoms with E-state index in [0.29, 0.717) is 19.6 Å². The van der Waals surface area contributed by atoms with Crippen molar-refractivity contribution in [3.63, 3.8) is 0 Å². The fraction of sp³-hybridized carbons (Fsp3) is 1.00. The van der Waals surface area contributed by atoms with E-state index in [2.05, 4.69) is 5.32 Å². The summed E-state index contributed by atoms with van der Waals surface area (Å²) in [5, 5.41) is 3.06. The van der Waals surface area contributed by atoms with E-state index < -0.39 is 12.1 Å². The zero-order valence-corrected chi connectivity index (χ0v) is 10.4. The molecule has 1 rings (SSSR count). The number of likely N-dealkylation sites (N-methyl/N-ethyl adjacent to an activating group) is 1. The van der Waals surface area contributed by atoms with Crippen LogP contribution in [-0.2, 0) is 4.74 Å². The van der Waals surface area contributed by atoms with Gasteiger partial charge in [0, 0.05) is 26.2 Å². The molecular formula is C11H21F3N2O. The van der Waals surface area contributed by atoms with Gasteiger partial charge in [0.2, 0.25) is 0 Å². The van der Waals surface area contributed by atoms with Crippen molar-refractivity contribution in [1.82, 2.24) is 10.2 Å². The lowest BCUT2D eigenvalue weighted by Gasteiger charge is -2.35. The fourth-order valence-electron chi connectivity index (χ4n) is 2.23. The molecule has 1 N–H and O–H groups in total. The third-order valence-electron chi connectivity index (χ3n) is 3.22. The second-order valence-corrected chi connectivity index (χ2v) is 4.58. The maximum absolute atomic E-state index is 12.6. The highest BCUT2D eigenvalue weighted by Crippen LogP contribution is 2.32. The van der Waals surface area contributed by atoms with Crippen LogP contribution in [0, 0.1) is 5.92 Å². The predicted molar refractivity (Wildman–Crippen MR) is 59.9 cm³/mol. The summed E-state index contributed by atoms with van der Waals surface area (Å²) in [6, 6.07) is 0.0898. The van der Waals surface area contributed by atoms with Crippen molar-refractivity contribution < 1.29 is 17.9 Å². The van der Waals surface area contributed by atoms with E-state index in [1.54, 1.807) is 14.2 Å². The summed E-state index contributed by atoms with van der Waals surface area (Å²) in [5.74, 6) is -1.17. The minimum atomic E-state index is -4.06. The molecule has 1 fully saturated rings. The Balaban J connectivity index is 2.43. The van der Waals surface area contributed by atoms with Crippen molar-refractivity contribution in [3.8, 4) is 0 Å². The second-order valence-electron chi connectivity index (χ2n) is 4.58. The molecule has 2 unspecified atom stereocenters. The highest BCUT2D eigenvalue weighted by atomic mass is 19.4. The van der Waals surface area contributed by atoms with Crippen LogP contribution in [-0.4, -0.2) is 57.5 Å². The summed E-state index contributed by atoms with van der Waals surface area (Å²) < 4.78 is 42.9. The number of likely N-dealkylation sites (tertiary alicyclic amines) is 1. The van der Waals surface area contributed by atoms with Gasteiger partial charge in [-0.25, -0.2) is 0 Å². The quantitative estimate of drug-likeness (QED) is 0.804. The maximum atomic E-state index is 12.6. The Morgan fingerprint density at radius 2 is 2.18 bits per heavy atom. The molecule has 0 saturated carbocycles. The van der Waals surface area contributed by atoms with Gasteiger partial charge in [0.1, 0.15) is 0 Å². The number of rotatable bonds is 5. The van der Waals surface area contributed by atoms with Gasteiger partial charge in [-0.05, 0) is 26.4 Å². The molecule has 102 valence electrons. The van der Waals surface area contributed by atoms with Crippen molar-refractivity contribution in [1.29, 1.82) is 0 Å². The Morgan fingerprint density at radius 3 is 2.71 bits per heavy atom. The highest BCUT2D eigenvalue weighted by molar-refractivity contribution is 4.80. The molecule has 0 aromatic rings. The first-order valence-corrected chi connectivity index (χ1v) is 5.92. The van der Waals surface area contributed by atoms with E-state index in [0.717, 1.165) is 6.54 Å². The molecule has 0 aromatic carbocycles. The van der Waals surface area contributed by atoms with Crippen LogP contribution in [0.3, 0.4) is 0 Å². The van der Waals surface area contributed by atoms with Crippen molar-refractivity contribution >= 4 is 0 Å². The minimum Gasteiger partial charge on any atom is -0.383 e. The summed E-state index contributed by atoms with van der Waals surface area (Å²) in [7, 11) is 3.40. The summed E-state index contributed by atoms with van der Waals surface area (Å²) in [5.41, 5.74) is 0. The van der Waals surface area contributed by atoms with Crippen LogP contribution in [0.25, 0.3) is 0 Å². The standard InChI is InChI=1S/C11H21F3N2O/c1-15-10(8-17-2)7-16-5-3-4-9(6-16)11(12,13)14/h9-10,15H,3-8H2,1-2H3. The normalized spacial score (nSPS) is 24.9. The Labute approximate surface area is 100 Å². The molecule has 6 heteroatoms. The Hall–Kier alpha value is -0.330. The van der Waals surface area contributed by atoms with Crippen LogP contribution in [0.1, 0.15) is 12.8 Å². The average molecular weight is 254 g/mol. The molecule has 1 heterocycles. The van der Waals surface area contributed by atoms with Gasteiger partial charge in [-0.3, -0.25) is 0 Å². The number of methoxy groups -OCH3 is 1. The van der Waals surface area contributed by atoms with Crippen LogP contribution >= 0.6 is 0 Å².